The topological polar surface area (TPSA) is 63.6 Å². The maximum Gasteiger partial charge on any atom is 0.527 e. The average molecular weight is 270 g/mol. The Morgan fingerprint density at radius 2 is 1.58 bits per heavy atom. The number of likely N-dealkylation sites (tertiary alicyclic amines) is 1. The van der Waals surface area contributed by atoms with E-state index in [-0.39, 0.29) is 0 Å². The fraction of sp³-hybridized carbons (Fsp3) is 0.857. The minimum Gasteiger partial charge on any atom is -0.435 e. The quantitative estimate of drug-likeness (QED) is 0.686. The molecule has 0 spiro atoms. The van der Waals surface area contributed by atoms with Gasteiger partial charge in [0, 0.05) is 11.8 Å². The van der Waals surface area contributed by atoms with Crippen molar-refractivity contribution in [2.45, 2.75) is 52.1 Å². The number of carboxylic acid groups (broad SMARTS) is 1. The third-order valence-corrected chi connectivity index (χ3v) is 4.27. The molecule has 1 aliphatic heterocycles. The normalized spacial score (nSPS) is 34.7. The SMILES string of the molecule is CC(C)(C)OC(=O)[N+]1(C(=O)O)CC2CCCCC2C1. The van der Waals surface area contributed by atoms with Gasteiger partial charge in [-0.3, -0.25) is 0 Å². The van der Waals surface area contributed by atoms with Gasteiger partial charge in [-0.15, -0.1) is 4.48 Å². The van der Waals surface area contributed by atoms with Crippen molar-refractivity contribution in [1.29, 1.82) is 0 Å². The molecular weight excluding hydrogens is 246 g/mol. The molecule has 1 heterocycles. The highest BCUT2D eigenvalue weighted by Gasteiger charge is 2.58. The van der Waals surface area contributed by atoms with Crippen molar-refractivity contribution in [3.05, 3.63) is 0 Å². The molecule has 1 saturated heterocycles. The van der Waals surface area contributed by atoms with Crippen LogP contribution in [0.15, 0.2) is 0 Å². The number of carbonyl (C=O) groups is 2. The van der Waals surface area contributed by atoms with Crippen LogP contribution in [0.3, 0.4) is 0 Å². The second-order valence-corrected chi connectivity index (χ2v) is 6.90. The van der Waals surface area contributed by atoms with Gasteiger partial charge in [-0.25, -0.2) is 0 Å². The molecule has 2 amide bonds. The number of hydrogen-bond donors (Lipinski definition) is 1. The van der Waals surface area contributed by atoms with E-state index >= 15 is 0 Å². The van der Waals surface area contributed by atoms with Crippen molar-refractivity contribution in [1.82, 2.24) is 0 Å². The summed E-state index contributed by atoms with van der Waals surface area (Å²) in [6.07, 6.45) is 2.71. The maximum absolute atomic E-state index is 12.3. The van der Waals surface area contributed by atoms with Gasteiger partial charge in [0.15, 0.2) is 0 Å². The molecule has 0 aromatic heterocycles. The molecule has 0 radical (unpaired) electrons. The van der Waals surface area contributed by atoms with E-state index in [1.54, 1.807) is 20.8 Å². The van der Waals surface area contributed by atoms with E-state index < -0.39 is 22.3 Å². The zero-order valence-electron chi connectivity index (χ0n) is 12.0. The molecule has 0 aromatic rings. The van der Waals surface area contributed by atoms with Crippen LogP contribution in [0.5, 0.6) is 0 Å². The first-order valence-corrected chi connectivity index (χ1v) is 7.09. The van der Waals surface area contributed by atoms with Gasteiger partial charge < -0.3 is 9.84 Å². The summed E-state index contributed by atoms with van der Waals surface area (Å²) in [4.78, 5) is 24.0. The van der Waals surface area contributed by atoms with Crippen LogP contribution in [0.25, 0.3) is 0 Å². The molecule has 1 saturated carbocycles. The lowest BCUT2D eigenvalue weighted by atomic mass is 9.82. The highest BCUT2D eigenvalue weighted by Crippen LogP contribution is 2.40. The lowest BCUT2D eigenvalue weighted by Crippen LogP contribution is -2.56. The van der Waals surface area contributed by atoms with Crippen molar-refractivity contribution in [3.8, 4) is 0 Å². The first kappa shape index (κ1) is 14.3. The van der Waals surface area contributed by atoms with E-state index in [1.807, 2.05) is 0 Å². The molecule has 2 atom stereocenters. The zero-order chi connectivity index (χ0) is 14.3. The molecule has 2 unspecified atom stereocenters. The van der Waals surface area contributed by atoms with Crippen LogP contribution in [0, 0.1) is 11.8 Å². The first-order chi connectivity index (χ1) is 8.74. The molecule has 2 fully saturated rings. The van der Waals surface area contributed by atoms with Gasteiger partial charge in [0.2, 0.25) is 0 Å². The number of fused-ring (bicyclic) bond motifs is 1. The standard InChI is InChI=1S/C14H23NO4/c1-14(2,3)19-13(18)15(12(16)17)8-10-6-4-5-7-11(10)9-15/h10-11H,4-9H2,1-3H3/p+1. The largest absolute Gasteiger partial charge is 0.527 e. The van der Waals surface area contributed by atoms with E-state index in [0.29, 0.717) is 24.9 Å². The Kier molecular flexibility index (Phi) is 3.60. The summed E-state index contributed by atoms with van der Waals surface area (Å²) < 4.78 is 4.81. The summed E-state index contributed by atoms with van der Waals surface area (Å²) in [6.45, 7) is 6.11. The second-order valence-electron chi connectivity index (χ2n) is 6.90. The summed E-state index contributed by atoms with van der Waals surface area (Å²) in [7, 11) is 0. The predicted octanol–water partition coefficient (Wildman–Crippen LogP) is 3.24. The predicted molar refractivity (Wildman–Crippen MR) is 69.7 cm³/mol. The minimum atomic E-state index is -1.07. The first-order valence-electron chi connectivity index (χ1n) is 7.09. The summed E-state index contributed by atoms with van der Waals surface area (Å²) in [5.74, 6) is 0.717. The van der Waals surface area contributed by atoms with E-state index in [4.69, 9.17) is 4.74 Å². The molecule has 5 heteroatoms. The Bertz CT molecular complexity index is 371. The van der Waals surface area contributed by atoms with Gasteiger partial charge in [-0.05, 0) is 33.6 Å². The molecule has 0 bridgehead atoms. The number of hydrogen-bond acceptors (Lipinski definition) is 3. The van der Waals surface area contributed by atoms with Crippen molar-refractivity contribution in [2.75, 3.05) is 13.1 Å². The van der Waals surface area contributed by atoms with Gasteiger partial charge in [0.05, 0.1) is 0 Å². The summed E-state index contributed by atoms with van der Waals surface area (Å²) in [6, 6.07) is 0. The summed E-state index contributed by atoms with van der Waals surface area (Å²) in [5, 5.41) is 9.55. The van der Waals surface area contributed by atoms with Crippen LogP contribution in [0.4, 0.5) is 9.59 Å². The fourth-order valence-corrected chi connectivity index (χ4v) is 3.37. The lowest BCUT2D eigenvalue weighted by Gasteiger charge is -2.28. The van der Waals surface area contributed by atoms with Gasteiger partial charge in [-0.1, -0.05) is 12.8 Å². The molecule has 1 aliphatic carbocycles. The van der Waals surface area contributed by atoms with E-state index in [9.17, 15) is 14.7 Å². The van der Waals surface area contributed by atoms with E-state index in [2.05, 4.69) is 0 Å². The van der Waals surface area contributed by atoms with Crippen LogP contribution < -0.4 is 0 Å². The number of quaternary nitrogens is 1. The third kappa shape index (κ3) is 2.76. The Morgan fingerprint density at radius 3 is 1.95 bits per heavy atom. The lowest BCUT2D eigenvalue weighted by molar-refractivity contribution is -0.775. The zero-order valence-corrected chi connectivity index (χ0v) is 12.0. The highest BCUT2D eigenvalue weighted by atomic mass is 16.6. The number of rotatable bonds is 0. The molecule has 19 heavy (non-hydrogen) atoms. The number of ether oxygens (including phenoxy) is 1. The van der Waals surface area contributed by atoms with Crippen LogP contribution in [-0.2, 0) is 4.74 Å². The number of amides is 2. The van der Waals surface area contributed by atoms with Crippen molar-refractivity contribution < 1.29 is 23.9 Å². The van der Waals surface area contributed by atoms with Crippen molar-refractivity contribution in [2.24, 2.45) is 11.8 Å². The molecule has 2 aliphatic rings. The van der Waals surface area contributed by atoms with E-state index in [1.165, 1.54) is 0 Å². The van der Waals surface area contributed by atoms with Gasteiger partial charge in [-0.2, -0.15) is 9.59 Å². The highest BCUT2D eigenvalue weighted by molar-refractivity contribution is 5.75. The molecule has 2 rings (SSSR count). The molecule has 0 aromatic carbocycles. The summed E-state index contributed by atoms with van der Waals surface area (Å²) >= 11 is 0. The molecule has 1 N–H and O–H groups in total. The van der Waals surface area contributed by atoms with Gasteiger partial charge in [0.25, 0.3) is 0 Å². The Morgan fingerprint density at radius 1 is 1.11 bits per heavy atom. The maximum atomic E-state index is 12.3. The van der Waals surface area contributed by atoms with Crippen LogP contribution in [0.1, 0.15) is 46.5 Å². The fourth-order valence-electron chi connectivity index (χ4n) is 3.37. The Balaban J connectivity index is 2.20. The van der Waals surface area contributed by atoms with Gasteiger partial charge >= 0.3 is 12.2 Å². The minimum absolute atomic E-state index is 0.359. The van der Waals surface area contributed by atoms with Crippen LogP contribution >= 0.6 is 0 Å². The van der Waals surface area contributed by atoms with Crippen molar-refractivity contribution in [3.63, 3.8) is 0 Å². The Labute approximate surface area is 114 Å². The van der Waals surface area contributed by atoms with E-state index in [0.717, 1.165) is 25.7 Å². The molecule has 5 nitrogen and oxygen atoms in total. The number of imide groups is 1. The van der Waals surface area contributed by atoms with Crippen LogP contribution in [-0.4, -0.2) is 40.5 Å². The second kappa shape index (κ2) is 4.78. The third-order valence-electron chi connectivity index (χ3n) is 4.27. The number of nitrogens with zero attached hydrogens (tertiary/aromatic N) is 1. The number of carbonyl (C=O) groups excluding carboxylic acids is 1. The van der Waals surface area contributed by atoms with Gasteiger partial charge in [0.1, 0.15) is 18.7 Å². The smallest absolute Gasteiger partial charge is 0.435 e. The molecule has 108 valence electrons. The summed E-state index contributed by atoms with van der Waals surface area (Å²) in [5.41, 5.74) is -0.647. The van der Waals surface area contributed by atoms with Crippen molar-refractivity contribution >= 4 is 12.2 Å². The average Bonchev–Trinajstić information content (AvgIpc) is 2.67. The molecular formula is C14H24NO4+. The van der Waals surface area contributed by atoms with Crippen LogP contribution in [0.2, 0.25) is 0 Å². The monoisotopic (exact) mass is 270 g/mol. The Hall–Kier alpha value is -1.10.